The van der Waals surface area contributed by atoms with E-state index in [9.17, 15) is 9.59 Å². The number of carboxylic acid groups (broad SMARTS) is 1. The molecule has 0 radical (unpaired) electrons. The summed E-state index contributed by atoms with van der Waals surface area (Å²) >= 11 is 0. The van der Waals surface area contributed by atoms with Crippen molar-refractivity contribution < 1.29 is 14.7 Å². The van der Waals surface area contributed by atoms with E-state index in [1.165, 1.54) is 6.20 Å². The molecule has 1 fully saturated rings. The SMILES string of the molecule is CN1CCC(CN(C)C(=O)c2cn(CC(=O)O)nn2)CC1. The second-order valence-electron chi connectivity index (χ2n) is 5.63. The van der Waals surface area contributed by atoms with Crippen LogP contribution in [0.15, 0.2) is 6.20 Å². The maximum atomic E-state index is 12.2. The lowest BCUT2D eigenvalue weighted by atomic mass is 9.96. The minimum atomic E-state index is -1.02. The molecule has 0 spiro atoms. The summed E-state index contributed by atoms with van der Waals surface area (Å²) in [4.78, 5) is 26.7. The highest BCUT2D eigenvalue weighted by Crippen LogP contribution is 2.17. The third-order valence-corrected chi connectivity index (χ3v) is 3.77. The molecule has 1 aliphatic heterocycles. The van der Waals surface area contributed by atoms with E-state index in [-0.39, 0.29) is 18.1 Å². The van der Waals surface area contributed by atoms with E-state index in [2.05, 4.69) is 22.3 Å². The fourth-order valence-electron chi connectivity index (χ4n) is 2.52. The predicted octanol–water partition coefficient (Wildman–Crippen LogP) is -0.223. The van der Waals surface area contributed by atoms with Crippen molar-refractivity contribution in [1.29, 1.82) is 0 Å². The number of amides is 1. The average Bonchev–Trinajstić information content (AvgIpc) is 2.88. The zero-order chi connectivity index (χ0) is 15.4. The summed E-state index contributed by atoms with van der Waals surface area (Å²) in [6, 6.07) is 0. The van der Waals surface area contributed by atoms with E-state index in [1.807, 2.05) is 0 Å². The second kappa shape index (κ2) is 6.66. The summed E-state index contributed by atoms with van der Waals surface area (Å²) in [5, 5.41) is 16.1. The number of aliphatic carboxylic acids is 1. The predicted molar refractivity (Wildman–Crippen MR) is 74.8 cm³/mol. The van der Waals surface area contributed by atoms with Crippen LogP contribution in [0.25, 0.3) is 0 Å². The Balaban J connectivity index is 1.89. The van der Waals surface area contributed by atoms with Crippen molar-refractivity contribution in [3.8, 4) is 0 Å². The van der Waals surface area contributed by atoms with E-state index in [1.54, 1.807) is 11.9 Å². The largest absolute Gasteiger partial charge is 0.480 e. The van der Waals surface area contributed by atoms with Crippen molar-refractivity contribution >= 4 is 11.9 Å². The standard InChI is InChI=1S/C13H21N5O3/c1-16-5-3-10(4-6-16)7-17(2)13(21)11-8-18(15-14-11)9-12(19)20/h8,10H,3-7,9H2,1-2H3,(H,19,20). The van der Waals surface area contributed by atoms with Gasteiger partial charge in [0.15, 0.2) is 5.69 Å². The molecule has 1 amide bonds. The Labute approximate surface area is 123 Å². The number of rotatable bonds is 5. The third kappa shape index (κ3) is 4.25. The van der Waals surface area contributed by atoms with E-state index in [0.717, 1.165) is 30.6 Å². The number of carbonyl (C=O) groups excluding carboxylic acids is 1. The highest BCUT2D eigenvalue weighted by Gasteiger charge is 2.22. The molecule has 2 rings (SSSR count). The molecular weight excluding hydrogens is 274 g/mol. The molecular formula is C13H21N5O3. The molecule has 8 heteroatoms. The number of carbonyl (C=O) groups is 2. The molecule has 1 aliphatic rings. The van der Waals surface area contributed by atoms with Gasteiger partial charge in [-0.1, -0.05) is 5.21 Å². The van der Waals surface area contributed by atoms with Crippen LogP contribution in [0.3, 0.4) is 0 Å². The molecule has 1 saturated heterocycles. The van der Waals surface area contributed by atoms with Gasteiger partial charge in [0.2, 0.25) is 0 Å². The van der Waals surface area contributed by atoms with Crippen LogP contribution < -0.4 is 0 Å². The third-order valence-electron chi connectivity index (χ3n) is 3.77. The van der Waals surface area contributed by atoms with E-state index in [0.29, 0.717) is 12.5 Å². The van der Waals surface area contributed by atoms with Crippen LogP contribution in [-0.4, -0.2) is 75.5 Å². The first-order valence-electron chi connectivity index (χ1n) is 7.01. The Bertz CT molecular complexity index is 508. The first-order chi connectivity index (χ1) is 9.95. The number of likely N-dealkylation sites (tertiary alicyclic amines) is 1. The van der Waals surface area contributed by atoms with Crippen molar-refractivity contribution in [3.63, 3.8) is 0 Å². The van der Waals surface area contributed by atoms with Crippen molar-refractivity contribution in [3.05, 3.63) is 11.9 Å². The molecule has 1 N–H and O–H groups in total. The van der Waals surface area contributed by atoms with Gasteiger partial charge in [-0.3, -0.25) is 9.59 Å². The fourth-order valence-corrected chi connectivity index (χ4v) is 2.52. The summed E-state index contributed by atoms with van der Waals surface area (Å²) in [5.41, 5.74) is 0.187. The van der Waals surface area contributed by atoms with Crippen molar-refractivity contribution in [2.75, 3.05) is 33.7 Å². The molecule has 1 aromatic heterocycles. The first-order valence-corrected chi connectivity index (χ1v) is 7.01. The van der Waals surface area contributed by atoms with Crippen molar-refractivity contribution in [2.45, 2.75) is 19.4 Å². The molecule has 0 aliphatic carbocycles. The average molecular weight is 295 g/mol. The molecule has 0 atom stereocenters. The maximum absolute atomic E-state index is 12.2. The van der Waals surface area contributed by atoms with Crippen molar-refractivity contribution in [1.82, 2.24) is 24.8 Å². The molecule has 116 valence electrons. The molecule has 1 aromatic rings. The zero-order valence-corrected chi connectivity index (χ0v) is 12.4. The van der Waals surface area contributed by atoms with Crippen LogP contribution in [0.2, 0.25) is 0 Å². The van der Waals surface area contributed by atoms with Gasteiger partial charge >= 0.3 is 5.97 Å². The lowest BCUT2D eigenvalue weighted by Gasteiger charge is -2.31. The van der Waals surface area contributed by atoms with Gasteiger partial charge in [-0.2, -0.15) is 0 Å². The van der Waals surface area contributed by atoms with Crippen LogP contribution in [0, 0.1) is 5.92 Å². The van der Waals surface area contributed by atoms with E-state index >= 15 is 0 Å². The Morgan fingerprint density at radius 1 is 1.43 bits per heavy atom. The molecule has 0 aromatic carbocycles. The Morgan fingerprint density at radius 3 is 2.71 bits per heavy atom. The first kappa shape index (κ1) is 15.4. The molecule has 21 heavy (non-hydrogen) atoms. The van der Waals surface area contributed by atoms with Crippen LogP contribution in [-0.2, 0) is 11.3 Å². The van der Waals surface area contributed by atoms with Gasteiger partial charge < -0.3 is 14.9 Å². The molecule has 0 bridgehead atoms. The monoisotopic (exact) mass is 295 g/mol. The van der Waals surface area contributed by atoms with Crippen LogP contribution in [0.1, 0.15) is 23.3 Å². The van der Waals surface area contributed by atoms with Crippen molar-refractivity contribution in [2.24, 2.45) is 5.92 Å². The normalized spacial score (nSPS) is 16.9. The number of aromatic nitrogens is 3. The van der Waals surface area contributed by atoms with Gasteiger partial charge in [0.05, 0.1) is 6.20 Å². The topological polar surface area (TPSA) is 91.6 Å². The van der Waals surface area contributed by atoms with Gasteiger partial charge in [-0.05, 0) is 38.9 Å². The quantitative estimate of drug-likeness (QED) is 0.807. The number of nitrogens with zero attached hydrogens (tertiary/aromatic N) is 5. The summed E-state index contributed by atoms with van der Waals surface area (Å²) in [5.74, 6) is -0.728. The Kier molecular flexibility index (Phi) is 4.89. The van der Waals surface area contributed by atoms with Gasteiger partial charge in [0.1, 0.15) is 6.54 Å². The maximum Gasteiger partial charge on any atom is 0.325 e. The van der Waals surface area contributed by atoms with Crippen LogP contribution >= 0.6 is 0 Å². The summed E-state index contributed by atoms with van der Waals surface area (Å²) in [6.45, 7) is 2.51. The molecule has 2 heterocycles. The minimum absolute atomic E-state index is 0.187. The van der Waals surface area contributed by atoms with Gasteiger partial charge in [-0.15, -0.1) is 5.10 Å². The van der Waals surface area contributed by atoms with Gasteiger partial charge in [0.25, 0.3) is 5.91 Å². The number of hydrogen-bond donors (Lipinski definition) is 1. The van der Waals surface area contributed by atoms with E-state index in [4.69, 9.17) is 5.11 Å². The molecule has 8 nitrogen and oxygen atoms in total. The Morgan fingerprint density at radius 2 is 2.10 bits per heavy atom. The van der Waals surface area contributed by atoms with E-state index < -0.39 is 5.97 Å². The summed E-state index contributed by atoms with van der Waals surface area (Å²) in [7, 11) is 3.85. The highest BCUT2D eigenvalue weighted by molar-refractivity contribution is 5.91. The van der Waals surface area contributed by atoms with Gasteiger partial charge in [0, 0.05) is 13.6 Å². The second-order valence-corrected chi connectivity index (χ2v) is 5.63. The zero-order valence-electron chi connectivity index (χ0n) is 12.4. The molecule has 0 saturated carbocycles. The van der Waals surface area contributed by atoms with Gasteiger partial charge in [-0.25, -0.2) is 4.68 Å². The lowest BCUT2D eigenvalue weighted by Crippen LogP contribution is -2.38. The Hall–Kier alpha value is -1.96. The summed E-state index contributed by atoms with van der Waals surface area (Å²) < 4.78 is 1.15. The number of hydrogen-bond acceptors (Lipinski definition) is 5. The fraction of sp³-hybridized carbons (Fsp3) is 0.692. The summed E-state index contributed by atoms with van der Waals surface area (Å²) in [6.07, 6.45) is 3.54. The minimum Gasteiger partial charge on any atom is -0.480 e. The number of piperidine rings is 1. The smallest absolute Gasteiger partial charge is 0.325 e. The number of carboxylic acids is 1. The van der Waals surface area contributed by atoms with Crippen LogP contribution in [0.4, 0.5) is 0 Å². The molecule has 0 unspecified atom stereocenters. The lowest BCUT2D eigenvalue weighted by molar-refractivity contribution is -0.137. The van der Waals surface area contributed by atoms with Crippen LogP contribution in [0.5, 0.6) is 0 Å². The highest BCUT2D eigenvalue weighted by atomic mass is 16.4.